The number of hydrogen-bond acceptors (Lipinski definition) is 14. The van der Waals surface area contributed by atoms with Crippen molar-refractivity contribution in [3.05, 3.63) is 52.9 Å². The molecule has 5 rings (SSSR count). The van der Waals surface area contributed by atoms with Gasteiger partial charge in [0.05, 0.1) is 32.5 Å². The third-order valence-electron chi connectivity index (χ3n) is 7.14. The van der Waals surface area contributed by atoms with Gasteiger partial charge < -0.3 is 63.8 Å². The maximum atomic E-state index is 13.3. The van der Waals surface area contributed by atoms with Crippen LogP contribution in [0.3, 0.4) is 0 Å². The molecule has 2 fully saturated rings. The largest absolute Gasteiger partial charge is 0.508 e. The number of fused-ring (bicyclic) bond motifs is 1. The average Bonchev–Trinajstić information content (AvgIpc) is 3.26. The van der Waals surface area contributed by atoms with Crippen molar-refractivity contribution in [1.82, 2.24) is 0 Å². The van der Waals surface area contributed by atoms with E-state index in [1.54, 1.807) is 12.1 Å². The summed E-state index contributed by atoms with van der Waals surface area (Å²) in [4.78, 5) is 13.3. The number of methoxy groups -OCH3 is 1. The Labute approximate surface area is 232 Å². The summed E-state index contributed by atoms with van der Waals surface area (Å²) in [5.41, 5.74) is -1.51. The molecule has 1 aromatic heterocycles. The van der Waals surface area contributed by atoms with Crippen LogP contribution in [-0.4, -0.2) is 111 Å². The third kappa shape index (κ3) is 5.49. The minimum absolute atomic E-state index is 0.0322. The van der Waals surface area contributed by atoms with E-state index in [4.69, 9.17) is 28.1 Å². The predicted octanol–water partition coefficient (Wildman–Crippen LogP) is -1.18. The summed E-state index contributed by atoms with van der Waals surface area (Å²) in [6, 6.07) is 8.71. The summed E-state index contributed by atoms with van der Waals surface area (Å²) in [6.45, 7) is -1.62. The highest BCUT2D eigenvalue weighted by molar-refractivity contribution is 5.88. The number of aromatic hydroxyl groups is 1. The summed E-state index contributed by atoms with van der Waals surface area (Å²) in [5.74, 6) is 0.154. The van der Waals surface area contributed by atoms with E-state index in [0.717, 1.165) is 0 Å². The molecule has 3 aromatic rings. The topological polar surface area (TPSA) is 218 Å². The van der Waals surface area contributed by atoms with Gasteiger partial charge in [-0.15, -0.1) is 0 Å². The second-order valence-electron chi connectivity index (χ2n) is 9.88. The molecule has 7 N–H and O–H groups in total. The number of ether oxygens (including phenoxy) is 5. The molecule has 8 atom stereocenters. The maximum Gasteiger partial charge on any atom is 0.229 e. The highest BCUT2D eigenvalue weighted by Crippen LogP contribution is 2.34. The van der Waals surface area contributed by atoms with Crippen LogP contribution in [0.2, 0.25) is 0 Å². The molecule has 14 nitrogen and oxygen atoms in total. The lowest BCUT2D eigenvalue weighted by molar-refractivity contribution is -0.289. The number of aliphatic hydroxyl groups is 6. The first-order valence-corrected chi connectivity index (χ1v) is 12.6. The van der Waals surface area contributed by atoms with Crippen LogP contribution in [-0.2, 0) is 14.2 Å². The predicted molar refractivity (Wildman–Crippen MR) is 137 cm³/mol. The van der Waals surface area contributed by atoms with Crippen molar-refractivity contribution < 1.29 is 63.8 Å². The Hall–Kier alpha value is -3.31. The van der Waals surface area contributed by atoms with Crippen molar-refractivity contribution in [2.24, 2.45) is 0 Å². The zero-order valence-corrected chi connectivity index (χ0v) is 21.7. The zero-order chi connectivity index (χ0) is 29.5. The molecule has 41 heavy (non-hydrogen) atoms. The first-order valence-electron chi connectivity index (χ1n) is 12.6. The summed E-state index contributed by atoms with van der Waals surface area (Å²) in [7, 11) is 1.34. The first kappa shape index (κ1) is 29.2. The Morgan fingerprint density at radius 3 is 2.41 bits per heavy atom. The second kappa shape index (κ2) is 11.5. The molecule has 0 bridgehead atoms. The number of benzene rings is 2. The van der Waals surface area contributed by atoms with Crippen LogP contribution in [0.5, 0.6) is 17.2 Å². The molecule has 0 spiro atoms. The normalized spacial score (nSPS) is 31.8. The van der Waals surface area contributed by atoms with Crippen molar-refractivity contribution in [3.63, 3.8) is 0 Å². The number of phenolic OH excluding ortho intramolecular Hbond substituents is 1. The Bertz CT molecular complexity index is 1420. The highest BCUT2D eigenvalue weighted by Gasteiger charge is 2.50. The summed E-state index contributed by atoms with van der Waals surface area (Å²) in [6.07, 6.45) is -9.56. The summed E-state index contributed by atoms with van der Waals surface area (Å²) in [5, 5.41) is 70.6. The molecule has 2 aliphatic heterocycles. The number of rotatable bonds is 8. The van der Waals surface area contributed by atoms with Gasteiger partial charge in [0, 0.05) is 12.1 Å². The van der Waals surface area contributed by atoms with Gasteiger partial charge in [-0.2, -0.15) is 0 Å². The van der Waals surface area contributed by atoms with E-state index in [9.17, 15) is 40.5 Å². The number of aliphatic hydroxyl groups excluding tert-OH is 5. The van der Waals surface area contributed by atoms with E-state index in [1.807, 2.05) is 0 Å². The van der Waals surface area contributed by atoms with E-state index >= 15 is 0 Å². The standard InChI is InChI=1S/C27H30O14/c1-36-16-6-14(7-17-19(16)20(30)15(8-37-17)12-2-4-13(29)5-3-12)40-25-23(33)22(32)21(31)18(41-25)9-38-26-24(34)27(35,10-28)11-39-26/h2-8,18,21-26,28-29,31-35H,9-11H2,1H3. The molecule has 222 valence electrons. The van der Waals surface area contributed by atoms with Crippen LogP contribution in [0.4, 0.5) is 0 Å². The van der Waals surface area contributed by atoms with Crippen LogP contribution in [0.25, 0.3) is 22.1 Å². The molecule has 2 aliphatic rings. The van der Waals surface area contributed by atoms with Crippen LogP contribution < -0.4 is 14.9 Å². The molecular weight excluding hydrogens is 548 g/mol. The van der Waals surface area contributed by atoms with Gasteiger partial charge >= 0.3 is 0 Å². The number of phenols is 1. The lowest BCUT2D eigenvalue weighted by Gasteiger charge is -2.40. The van der Waals surface area contributed by atoms with Crippen molar-refractivity contribution in [2.45, 2.75) is 48.7 Å². The minimum atomic E-state index is -1.92. The zero-order valence-electron chi connectivity index (χ0n) is 21.7. The van der Waals surface area contributed by atoms with Crippen LogP contribution in [0.1, 0.15) is 0 Å². The maximum absolute atomic E-state index is 13.3. The fraction of sp³-hybridized carbons (Fsp3) is 0.444. The minimum Gasteiger partial charge on any atom is -0.508 e. The van der Waals surface area contributed by atoms with Gasteiger partial charge in [0.1, 0.15) is 70.6 Å². The second-order valence-corrected chi connectivity index (χ2v) is 9.88. The van der Waals surface area contributed by atoms with E-state index < -0.39 is 74.0 Å². The van der Waals surface area contributed by atoms with Gasteiger partial charge in [0.2, 0.25) is 11.7 Å². The third-order valence-corrected chi connectivity index (χ3v) is 7.14. The quantitative estimate of drug-likeness (QED) is 0.167. The van der Waals surface area contributed by atoms with Crippen LogP contribution in [0.15, 0.2) is 51.9 Å². The van der Waals surface area contributed by atoms with Crippen molar-refractivity contribution in [1.29, 1.82) is 0 Å². The van der Waals surface area contributed by atoms with Gasteiger partial charge in [-0.3, -0.25) is 4.79 Å². The smallest absolute Gasteiger partial charge is 0.229 e. The lowest BCUT2D eigenvalue weighted by atomic mass is 9.99. The fourth-order valence-corrected chi connectivity index (χ4v) is 4.67. The SMILES string of the molecule is COc1cc(OC2OC(COC3OCC(O)(CO)C3O)C(O)C(O)C2O)cc2occ(-c3ccc(O)cc3)c(=O)c12. The fourth-order valence-electron chi connectivity index (χ4n) is 4.67. The molecule has 0 radical (unpaired) electrons. The van der Waals surface area contributed by atoms with Gasteiger partial charge in [-0.25, -0.2) is 0 Å². The monoisotopic (exact) mass is 578 g/mol. The average molecular weight is 579 g/mol. The lowest BCUT2D eigenvalue weighted by Crippen LogP contribution is -2.60. The molecule has 0 saturated carbocycles. The van der Waals surface area contributed by atoms with Gasteiger partial charge in [0.25, 0.3) is 0 Å². The molecule has 2 saturated heterocycles. The summed E-state index contributed by atoms with van der Waals surface area (Å²) < 4.78 is 33.1. The molecular formula is C27H30O14. The number of hydrogen-bond donors (Lipinski definition) is 7. The van der Waals surface area contributed by atoms with Crippen LogP contribution in [0, 0.1) is 0 Å². The molecule has 8 unspecified atom stereocenters. The van der Waals surface area contributed by atoms with Gasteiger partial charge in [-0.05, 0) is 17.7 Å². The first-order chi connectivity index (χ1) is 19.6. The Kier molecular flexibility index (Phi) is 8.20. The van der Waals surface area contributed by atoms with Crippen molar-refractivity contribution in [2.75, 3.05) is 26.9 Å². The summed E-state index contributed by atoms with van der Waals surface area (Å²) >= 11 is 0. The Balaban J connectivity index is 1.36. The van der Waals surface area contributed by atoms with E-state index in [1.165, 1.54) is 37.6 Å². The molecule has 0 amide bonds. The van der Waals surface area contributed by atoms with E-state index in [0.29, 0.717) is 5.56 Å². The molecule has 3 heterocycles. The van der Waals surface area contributed by atoms with Crippen molar-refractivity contribution in [3.8, 4) is 28.4 Å². The Morgan fingerprint density at radius 1 is 1.02 bits per heavy atom. The van der Waals surface area contributed by atoms with E-state index in [-0.39, 0.29) is 33.8 Å². The highest BCUT2D eigenvalue weighted by atomic mass is 16.7. The Morgan fingerprint density at radius 2 is 1.76 bits per heavy atom. The van der Waals surface area contributed by atoms with E-state index in [2.05, 4.69) is 0 Å². The van der Waals surface area contributed by atoms with Crippen LogP contribution >= 0.6 is 0 Å². The molecule has 14 heteroatoms. The van der Waals surface area contributed by atoms with Gasteiger partial charge in [-0.1, -0.05) is 12.1 Å². The molecule has 2 aromatic carbocycles. The molecule has 0 aliphatic carbocycles. The van der Waals surface area contributed by atoms with Gasteiger partial charge in [0.15, 0.2) is 6.29 Å². The van der Waals surface area contributed by atoms with Crippen molar-refractivity contribution >= 4 is 11.0 Å².